The van der Waals surface area contributed by atoms with Crippen molar-refractivity contribution in [2.75, 3.05) is 12.3 Å². The third-order valence-electron chi connectivity index (χ3n) is 2.79. The number of anilines is 1. The molecule has 1 atom stereocenters. The molecule has 3 N–H and O–H groups in total. The molecule has 0 aliphatic heterocycles. The second kappa shape index (κ2) is 6.89. The van der Waals surface area contributed by atoms with Gasteiger partial charge in [0.2, 0.25) is 0 Å². The maximum atomic E-state index is 11.7. The van der Waals surface area contributed by atoms with Crippen molar-refractivity contribution in [2.45, 2.75) is 39.7 Å². The predicted molar refractivity (Wildman–Crippen MR) is 73.6 cm³/mol. The first-order valence-electron chi connectivity index (χ1n) is 6.35. The lowest BCUT2D eigenvalue weighted by molar-refractivity contribution is -0.127. The topological polar surface area (TPSA) is 64.3 Å². The van der Waals surface area contributed by atoms with Crippen LogP contribution in [0.2, 0.25) is 0 Å². The maximum absolute atomic E-state index is 11.7. The molecule has 4 nitrogen and oxygen atoms in total. The van der Waals surface area contributed by atoms with E-state index in [2.05, 4.69) is 12.2 Å². The highest BCUT2D eigenvalue weighted by Crippen LogP contribution is 2.25. The molecule has 0 spiro atoms. The number of carbonyl (C=O) groups excluding carboxylic acids is 1. The van der Waals surface area contributed by atoms with Crippen LogP contribution >= 0.6 is 0 Å². The Hall–Kier alpha value is -1.71. The summed E-state index contributed by atoms with van der Waals surface area (Å²) < 4.78 is 5.58. The van der Waals surface area contributed by atoms with Crippen LogP contribution < -0.4 is 15.8 Å². The van der Waals surface area contributed by atoms with Crippen molar-refractivity contribution in [2.24, 2.45) is 0 Å². The number of ether oxygens (including phenoxy) is 1. The van der Waals surface area contributed by atoms with Crippen LogP contribution in [0.4, 0.5) is 5.69 Å². The van der Waals surface area contributed by atoms with Crippen LogP contribution in [-0.4, -0.2) is 18.6 Å². The number of rotatable bonds is 6. The summed E-state index contributed by atoms with van der Waals surface area (Å²) in [7, 11) is 0. The molecule has 0 bridgehead atoms. The maximum Gasteiger partial charge on any atom is 0.260 e. The zero-order valence-electron chi connectivity index (χ0n) is 11.3. The van der Waals surface area contributed by atoms with Crippen molar-refractivity contribution >= 4 is 11.6 Å². The van der Waals surface area contributed by atoms with Crippen LogP contribution in [0.5, 0.6) is 5.75 Å². The number of para-hydroxylation sites is 1. The number of unbranched alkanes of at least 4 members (excludes halogenated alkanes) is 1. The molecule has 1 amide bonds. The molecular formula is C14H22N2O2. The van der Waals surface area contributed by atoms with E-state index in [-0.39, 0.29) is 5.91 Å². The quantitative estimate of drug-likeness (QED) is 0.601. The Bertz CT molecular complexity index is 405. The molecule has 1 rings (SSSR count). The molecule has 18 heavy (non-hydrogen) atoms. The van der Waals surface area contributed by atoms with Gasteiger partial charge >= 0.3 is 0 Å². The van der Waals surface area contributed by atoms with E-state index in [1.54, 1.807) is 13.0 Å². The minimum atomic E-state index is -0.536. The molecule has 0 aliphatic rings. The molecule has 0 saturated heterocycles. The number of nitrogen functional groups attached to an aromatic ring is 1. The van der Waals surface area contributed by atoms with E-state index >= 15 is 0 Å². The van der Waals surface area contributed by atoms with Crippen molar-refractivity contribution in [1.29, 1.82) is 0 Å². The van der Waals surface area contributed by atoms with Gasteiger partial charge in [0.25, 0.3) is 5.91 Å². The number of hydrogen-bond acceptors (Lipinski definition) is 3. The molecule has 0 aromatic heterocycles. The molecular weight excluding hydrogens is 228 g/mol. The van der Waals surface area contributed by atoms with Crippen LogP contribution in [0.3, 0.4) is 0 Å². The minimum Gasteiger partial charge on any atom is -0.479 e. The number of carbonyl (C=O) groups is 1. The summed E-state index contributed by atoms with van der Waals surface area (Å²) in [5.41, 5.74) is 7.43. The van der Waals surface area contributed by atoms with Gasteiger partial charge in [0.05, 0.1) is 5.69 Å². The summed E-state index contributed by atoms with van der Waals surface area (Å²) in [6, 6.07) is 5.55. The van der Waals surface area contributed by atoms with Crippen molar-refractivity contribution in [1.82, 2.24) is 5.32 Å². The standard InChI is InChI=1S/C14H22N2O2/c1-4-5-9-16-14(17)11(3)18-12-8-6-7-10(2)13(12)15/h6-8,11H,4-5,9,15H2,1-3H3,(H,16,17). The van der Waals surface area contributed by atoms with Crippen LogP contribution in [0.15, 0.2) is 18.2 Å². The van der Waals surface area contributed by atoms with Gasteiger partial charge in [0.15, 0.2) is 6.10 Å². The molecule has 1 unspecified atom stereocenters. The summed E-state index contributed by atoms with van der Waals surface area (Å²) in [6.45, 7) is 6.41. The second-order valence-electron chi connectivity index (χ2n) is 4.39. The Balaban J connectivity index is 2.56. The number of hydrogen-bond donors (Lipinski definition) is 2. The van der Waals surface area contributed by atoms with Gasteiger partial charge in [-0.25, -0.2) is 0 Å². The van der Waals surface area contributed by atoms with Gasteiger partial charge in [-0.1, -0.05) is 25.5 Å². The fourth-order valence-electron chi connectivity index (χ4n) is 1.53. The molecule has 0 heterocycles. The number of nitrogens with two attached hydrogens (primary N) is 1. The Labute approximate surface area is 109 Å². The van der Waals surface area contributed by atoms with E-state index in [1.165, 1.54) is 0 Å². The first kappa shape index (κ1) is 14.4. The van der Waals surface area contributed by atoms with Crippen LogP contribution in [0.1, 0.15) is 32.3 Å². The van der Waals surface area contributed by atoms with Gasteiger partial charge in [-0.05, 0) is 31.9 Å². The zero-order valence-corrected chi connectivity index (χ0v) is 11.3. The molecule has 100 valence electrons. The van der Waals surface area contributed by atoms with Crippen molar-refractivity contribution in [3.05, 3.63) is 23.8 Å². The van der Waals surface area contributed by atoms with Crippen molar-refractivity contribution in [3.8, 4) is 5.75 Å². The van der Waals surface area contributed by atoms with Gasteiger partial charge in [0.1, 0.15) is 5.75 Å². The lowest BCUT2D eigenvalue weighted by Gasteiger charge is -2.16. The molecule has 4 heteroatoms. The monoisotopic (exact) mass is 250 g/mol. The highest BCUT2D eigenvalue weighted by Gasteiger charge is 2.15. The summed E-state index contributed by atoms with van der Waals surface area (Å²) in [6.07, 6.45) is 1.50. The number of benzene rings is 1. The smallest absolute Gasteiger partial charge is 0.260 e. The highest BCUT2D eigenvalue weighted by atomic mass is 16.5. The van der Waals surface area contributed by atoms with E-state index < -0.39 is 6.10 Å². The van der Waals surface area contributed by atoms with Gasteiger partial charge in [-0.15, -0.1) is 0 Å². The fraction of sp³-hybridized carbons (Fsp3) is 0.500. The average molecular weight is 250 g/mol. The first-order chi connectivity index (χ1) is 8.56. The van der Waals surface area contributed by atoms with Crippen molar-refractivity contribution < 1.29 is 9.53 Å². The van der Waals surface area contributed by atoms with Gasteiger partial charge in [-0.3, -0.25) is 4.79 Å². The second-order valence-corrected chi connectivity index (χ2v) is 4.39. The zero-order chi connectivity index (χ0) is 13.5. The van der Waals surface area contributed by atoms with Gasteiger partial charge < -0.3 is 15.8 Å². The van der Waals surface area contributed by atoms with E-state index in [1.807, 2.05) is 19.1 Å². The Morgan fingerprint density at radius 2 is 2.22 bits per heavy atom. The number of amides is 1. The molecule has 0 radical (unpaired) electrons. The van der Waals surface area contributed by atoms with E-state index in [4.69, 9.17) is 10.5 Å². The van der Waals surface area contributed by atoms with Gasteiger partial charge in [-0.2, -0.15) is 0 Å². The molecule has 0 saturated carbocycles. The van der Waals surface area contributed by atoms with E-state index in [0.29, 0.717) is 18.0 Å². The van der Waals surface area contributed by atoms with Crippen LogP contribution in [-0.2, 0) is 4.79 Å². The van der Waals surface area contributed by atoms with Gasteiger partial charge in [0, 0.05) is 6.54 Å². The summed E-state index contributed by atoms with van der Waals surface area (Å²) >= 11 is 0. The van der Waals surface area contributed by atoms with Crippen LogP contribution in [0, 0.1) is 6.92 Å². The SMILES string of the molecule is CCCCNC(=O)C(C)Oc1cccc(C)c1N. The Morgan fingerprint density at radius 1 is 1.50 bits per heavy atom. The fourth-order valence-corrected chi connectivity index (χ4v) is 1.53. The number of aryl methyl sites for hydroxylation is 1. The third kappa shape index (κ3) is 3.95. The Morgan fingerprint density at radius 3 is 2.89 bits per heavy atom. The van der Waals surface area contributed by atoms with Crippen LogP contribution in [0.25, 0.3) is 0 Å². The molecule has 0 fully saturated rings. The van der Waals surface area contributed by atoms with E-state index in [0.717, 1.165) is 18.4 Å². The normalized spacial score (nSPS) is 11.9. The van der Waals surface area contributed by atoms with E-state index in [9.17, 15) is 4.79 Å². The van der Waals surface area contributed by atoms with Crippen molar-refractivity contribution in [3.63, 3.8) is 0 Å². The third-order valence-corrected chi connectivity index (χ3v) is 2.79. The minimum absolute atomic E-state index is 0.107. The lowest BCUT2D eigenvalue weighted by Crippen LogP contribution is -2.36. The lowest BCUT2D eigenvalue weighted by atomic mass is 10.2. The molecule has 1 aromatic rings. The first-order valence-corrected chi connectivity index (χ1v) is 6.35. The molecule has 0 aliphatic carbocycles. The summed E-state index contributed by atoms with van der Waals surface area (Å²) in [5, 5.41) is 2.83. The number of nitrogens with one attached hydrogen (secondary N) is 1. The predicted octanol–water partition coefficient (Wildman–Crippen LogP) is 2.26. The largest absolute Gasteiger partial charge is 0.479 e. The highest BCUT2D eigenvalue weighted by molar-refractivity contribution is 5.80. The average Bonchev–Trinajstić information content (AvgIpc) is 2.35. The summed E-state index contributed by atoms with van der Waals surface area (Å²) in [5.74, 6) is 0.456. The molecule has 1 aromatic carbocycles. The summed E-state index contributed by atoms with van der Waals surface area (Å²) in [4.78, 5) is 11.7. The Kier molecular flexibility index (Phi) is 5.49.